The van der Waals surface area contributed by atoms with E-state index in [2.05, 4.69) is 56.4 Å². The molecule has 3 aliphatic heterocycles. The Balaban J connectivity index is 1.62. The molecule has 0 aromatic heterocycles. The molecular weight excluding hydrogens is 1740 g/mol. The van der Waals surface area contributed by atoms with Gasteiger partial charge in [0.1, 0.15) is 91.8 Å². The summed E-state index contributed by atoms with van der Waals surface area (Å²) in [6.07, 6.45) is 26.3. The molecule has 0 radical (unpaired) electrons. The lowest BCUT2D eigenvalue weighted by molar-refractivity contribution is -0.270. The lowest BCUT2D eigenvalue weighted by Crippen LogP contribution is -2.64. The monoisotopic (exact) mass is 1920 g/mol. The molecule has 9 amide bonds. The maximum atomic E-state index is 14.9. The molecule has 782 valence electrons. The molecule has 17 unspecified atom stereocenters. The van der Waals surface area contributed by atoms with Crippen LogP contribution in [0.3, 0.4) is 0 Å². The zero-order chi connectivity index (χ0) is 98.0. The molecule has 17 atom stereocenters. The molecule has 3 heterocycles. The second kappa shape index (κ2) is 80.0. The van der Waals surface area contributed by atoms with E-state index in [0.29, 0.717) is 58.3 Å². The summed E-state index contributed by atoms with van der Waals surface area (Å²) in [7, 11) is 0. The number of hydrogen-bond donors (Lipinski definition) is 17. The van der Waals surface area contributed by atoms with Crippen LogP contribution in [0.4, 0.5) is 4.79 Å². The van der Waals surface area contributed by atoms with Gasteiger partial charge in [-0.2, -0.15) is 0 Å². The van der Waals surface area contributed by atoms with Gasteiger partial charge < -0.3 is 145 Å². The van der Waals surface area contributed by atoms with Crippen molar-refractivity contribution in [3.05, 3.63) is 0 Å². The number of nitrogens with one attached hydrogen (secondary N) is 8. The Hall–Kier alpha value is -5.73. The number of aliphatic hydroxyl groups is 9. The SMILES string of the molecule is CCCCCCCCCCCCCCCCCCOCC(COC(=O)NCCOCCOCCC(=O)NC(CCCCNC(=O)CCCCOC1OC(CO)C(O)C(O)C1NC(C)=O)C(=O)N(CCNC(=O)CCCCOC1OC(CO)C(O)C(O)C1NC(C)=O)CCNC(=O)CCCCOC1OC(CO)C(O)C(O)C1NC(C)=O)OCCCCCCCCCCCCCCCCCC. The number of nitrogens with zero attached hydrogens (tertiary/aromatic N) is 1. The third-order valence-electron chi connectivity index (χ3n) is 24.1. The second-order valence-corrected chi connectivity index (χ2v) is 35.9. The van der Waals surface area contributed by atoms with Crippen molar-refractivity contribution in [3.8, 4) is 0 Å². The van der Waals surface area contributed by atoms with Gasteiger partial charge in [-0.05, 0) is 70.6 Å². The first kappa shape index (κ1) is 122. The van der Waals surface area contributed by atoms with E-state index in [0.717, 1.165) is 32.1 Å². The average molecular weight is 1920 g/mol. The third-order valence-corrected chi connectivity index (χ3v) is 24.1. The average Bonchev–Trinajstić information content (AvgIpc) is 0.814. The fourth-order valence-electron chi connectivity index (χ4n) is 16.2. The molecule has 0 aliphatic carbocycles. The normalized spacial score (nSPS) is 22.2. The maximum absolute atomic E-state index is 14.9. The van der Waals surface area contributed by atoms with Gasteiger partial charge in [-0.25, -0.2) is 4.79 Å². The molecule has 0 aromatic rings. The van der Waals surface area contributed by atoms with Gasteiger partial charge >= 0.3 is 6.09 Å². The van der Waals surface area contributed by atoms with Crippen molar-refractivity contribution in [2.24, 2.45) is 0 Å². The highest BCUT2D eigenvalue weighted by Crippen LogP contribution is 2.27. The van der Waals surface area contributed by atoms with E-state index >= 15 is 0 Å². The number of carbonyl (C=O) groups is 9. The minimum absolute atomic E-state index is 0.00198. The number of carbonyl (C=O) groups excluding carboxylic acids is 9. The number of aliphatic hydroxyl groups excluding tert-OH is 9. The molecule has 3 rings (SSSR count). The van der Waals surface area contributed by atoms with E-state index in [4.69, 9.17) is 52.1 Å². The first-order chi connectivity index (χ1) is 64.9. The van der Waals surface area contributed by atoms with Crippen molar-refractivity contribution >= 4 is 53.4 Å². The Bertz CT molecular complexity index is 2940. The van der Waals surface area contributed by atoms with Crippen molar-refractivity contribution in [2.75, 3.05) is 132 Å². The van der Waals surface area contributed by atoms with Crippen LogP contribution in [0.2, 0.25) is 0 Å². The summed E-state index contributed by atoms with van der Waals surface area (Å²) >= 11 is 0. The first-order valence-corrected chi connectivity index (χ1v) is 51.1. The van der Waals surface area contributed by atoms with Crippen LogP contribution in [0.5, 0.6) is 0 Å². The van der Waals surface area contributed by atoms with Gasteiger partial charge in [-0.1, -0.05) is 206 Å². The fourth-order valence-corrected chi connectivity index (χ4v) is 16.2. The standard InChI is InChI=1S/C96H179N9O29/c1-6-8-10-12-14-16-18-20-22-24-26-28-30-32-34-41-57-126-69-74(127-58-42-35-33-31-29-27-25-23-21-19-17-15-13-11-9-7-2)70-131-96(123)100-54-63-125-65-64-124-62-50-82(115)104-75(46-36-40-51-97-79(112)47-37-43-59-128-93-83(101-71(3)109)89(119)86(116)76(66-106)132-93)92(122)105(55-52-98-80(113)48-38-44-60-129-94-84(102-72(4)110)90(120)87(117)77(67-107)133-94)56-53-99-81(114)49-39-45-61-130-95-85(103-73(5)111)91(121)88(118)78(68-108)134-95/h74-78,83-91,93-95,106-108,116-121H,6-70H2,1-5H3,(H,97,112)(H,98,113)(H,99,114)(H,100,123)(H,101,109)(H,102,110)(H,103,111)(H,104,115). The van der Waals surface area contributed by atoms with E-state index in [1.807, 2.05) is 0 Å². The molecule has 0 spiro atoms. The van der Waals surface area contributed by atoms with Crippen LogP contribution in [-0.4, -0.2) is 340 Å². The van der Waals surface area contributed by atoms with Crippen molar-refractivity contribution < 1.29 is 141 Å². The Labute approximate surface area is 797 Å². The van der Waals surface area contributed by atoms with Crippen LogP contribution in [0, 0.1) is 0 Å². The molecule has 134 heavy (non-hydrogen) atoms. The number of rotatable bonds is 85. The van der Waals surface area contributed by atoms with Gasteiger partial charge in [-0.3, -0.25) is 38.4 Å². The minimum atomic E-state index is -1.52. The van der Waals surface area contributed by atoms with Gasteiger partial charge in [0.15, 0.2) is 18.9 Å². The van der Waals surface area contributed by atoms with Crippen molar-refractivity contribution in [2.45, 2.75) is 428 Å². The Kier molecular flexibility index (Phi) is 73.1. The number of unbranched alkanes of at least 4 members (excludes halogenated alkanes) is 34. The summed E-state index contributed by atoms with van der Waals surface area (Å²) in [5.41, 5.74) is 0. The third kappa shape index (κ3) is 58.4. The number of alkyl carbamates (subject to hydrolysis) is 1. The first-order valence-electron chi connectivity index (χ1n) is 51.1. The Morgan fingerprint density at radius 3 is 1.04 bits per heavy atom. The van der Waals surface area contributed by atoms with Gasteiger partial charge in [-0.15, -0.1) is 0 Å². The Morgan fingerprint density at radius 1 is 0.328 bits per heavy atom. The van der Waals surface area contributed by atoms with Gasteiger partial charge in [0.25, 0.3) is 0 Å². The highest BCUT2D eigenvalue weighted by atomic mass is 16.7. The molecule has 0 bridgehead atoms. The highest BCUT2D eigenvalue weighted by Gasteiger charge is 2.48. The van der Waals surface area contributed by atoms with Crippen molar-refractivity contribution in [1.82, 2.24) is 47.4 Å². The molecule has 38 heteroatoms. The van der Waals surface area contributed by atoms with Crippen LogP contribution < -0.4 is 42.5 Å². The summed E-state index contributed by atoms with van der Waals surface area (Å²) in [5, 5.41) is 114. The zero-order valence-corrected chi connectivity index (χ0v) is 81.9. The summed E-state index contributed by atoms with van der Waals surface area (Å²) in [6.45, 7) is 8.10. The predicted octanol–water partition coefficient (Wildman–Crippen LogP) is 6.28. The van der Waals surface area contributed by atoms with Crippen LogP contribution >= 0.6 is 0 Å². The molecule has 38 nitrogen and oxygen atoms in total. The summed E-state index contributed by atoms with van der Waals surface area (Å²) in [4.78, 5) is 119. The molecule has 0 aromatic carbocycles. The van der Waals surface area contributed by atoms with E-state index in [9.17, 15) is 89.1 Å². The van der Waals surface area contributed by atoms with E-state index in [1.165, 1.54) is 199 Å². The molecule has 17 N–H and O–H groups in total. The van der Waals surface area contributed by atoms with Crippen molar-refractivity contribution in [1.29, 1.82) is 0 Å². The molecular formula is C96H179N9O29. The predicted molar refractivity (Wildman–Crippen MR) is 502 cm³/mol. The van der Waals surface area contributed by atoms with Gasteiger partial charge in [0, 0.05) is 119 Å². The molecule has 3 saturated heterocycles. The largest absolute Gasteiger partial charge is 0.447 e. The molecule has 0 saturated carbocycles. The zero-order valence-electron chi connectivity index (χ0n) is 81.9. The number of hydrogen-bond acceptors (Lipinski definition) is 29. The van der Waals surface area contributed by atoms with Crippen LogP contribution in [0.15, 0.2) is 0 Å². The molecule has 3 aliphatic rings. The Morgan fingerprint density at radius 2 is 0.672 bits per heavy atom. The fraction of sp³-hybridized carbons (Fsp3) is 0.906. The van der Waals surface area contributed by atoms with Crippen LogP contribution in [-0.2, 0) is 90.5 Å². The summed E-state index contributed by atoms with van der Waals surface area (Å²) < 4.78 is 63.8. The van der Waals surface area contributed by atoms with Crippen LogP contribution in [0.25, 0.3) is 0 Å². The highest BCUT2D eigenvalue weighted by molar-refractivity contribution is 5.88. The lowest BCUT2D eigenvalue weighted by Gasteiger charge is -2.42. The van der Waals surface area contributed by atoms with Crippen LogP contribution in [0.1, 0.15) is 324 Å². The topological polar surface area (TPSA) is 537 Å². The van der Waals surface area contributed by atoms with E-state index in [1.54, 1.807) is 0 Å². The van der Waals surface area contributed by atoms with Gasteiger partial charge in [0.2, 0.25) is 47.3 Å². The number of ether oxygens (including phenoxy) is 11. The summed E-state index contributed by atoms with van der Waals surface area (Å²) in [6, 6.07) is -4.61. The second-order valence-electron chi connectivity index (χ2n) is 35.9. The molecule has 3 fully saturated rings. The maximum Gasteiger partial charge on any atom is 0.407 e. The summed E-state index contributed by atoms with van der Waals surface area (Å²) in [5.74, 6) is -3.74. The van der Waals surface area contributed by atoms with Gasteiger partial charge in [0.05, 0.1) is 52.9 Å². The van der Waals surface area contributed by atoms with E-state index < -0.39 is 171 Å². The minimum Gasteiger partial charge on any atom is -0.447 e. The van der Waals surface area contributed by atoms with Crippen molar-refractivity contribution in [3.63, 3.8) is 0 Å². The number of amides is 9. The smallest absolute Gasteiger partial charge is 0.407 e. The quantitative estimate of drug-likeness (QED) is 0.0298. The lowest BCUT2D eigenvalue weighted by atomic mass is 9.97. The van der Waals surface area contributed by atoms with E-state index in [-0.39, 0.29) is 143 Å².